The summed E-state index contributed by atoms with van der Waals surface area (Å²) >= 11 is 0. The molecule has 42 valence electrons. The van der Waals surface area contributed by atoms with Crippen LogP contribution in [0.4, 0.5) is 0 Å². The molecule has 0 aliphatic rings. The molecular formula is C6H12O. The molecule has 0 bridgehead atoms. The average molecular weight is 100 g/mol. The summed E-state index contributed by atoms with van der Waals surface area (Å²) in [4.78, 5) is 0. The van der Waals surface area contributed by atoms with Crippen molar-refractivity contribution in [2.75, 3.05) is 6.61 Å². The lowest BCUT2D eigenvalue weighted by atomic mass is 10.3. The van der Waals surface area contributed by atoms with Crippen molar-refractivity contribution in [1.29, 1.82) is 0 Å². The predicted molar refractivity (Wildman–Crippen MR) is 31.1 cm³/mol. The van der Waals surface area contributed by atoms with E-state index in [1.807, 2.05) is 13.0 Å². The van der Waals surface area contributed by atoms with Crippen molar-refractivity contribution >= 4 is 0 Å². The summed E-state index contributed by atoms with van der Waals surface area (Å²) in [6, 6.07) is 0. The van der Waals surface area contributed by atoms with Crippen LogP contribution in [0.5, 0.6) is 0 Å². The molecule has 0 aromatic carbocycles. The molecule has 0 aromatic rings. The molecule has 0 fully saturated rings. The van der Waals surface area contributed by atoms with E-state index in [1.54, 1.807) is 0 Å². The van der Waals surface area contributed by atoms with Gasteiger partial charge in [0.15, 0.2) is 0 Å². The number of aliphatic hydroxyl groups is 1. The second-order valence-corrected chi connectivity index (χ2v) is 1.62. The molecule has 0 aliphatic carbocycles. The van der Waals surface area contributed by atoms with E-state index in [0.29, 0.717) is 0 Å². The van der Waals surface area contributed by atoms with Gasteiger partial charge in [-0.3, -0.25) is 0 Å². The Bertz CT molecular complexity index is 64.6. The number of hydrogen-bond acceptors (Lipinski definition) is 1. The van der Waals surface area contributed by atoms with Crippen LogP contribution in [0.25, 0.3) is 0 Å². The van der Waals surface area contributed by atoms with Gasteiger partial charge >= 0.3 is 0 Å². The van der Waals surface area contributed by atoms with Gasteiger partial charge in [-0.1, -0.05) is 18.6 Å². The number of hydrogen-bond donors (Lipinski definition) is 1. The zero-order valence-electron chi connectivity index (χ0n) is 4.94. The van der Waals surface area contributed by atoms with E-state index in [2.05, 4.69) is 6.92 Å². The second kappa shape index (κ2) is 3.88. The normalized spacial score (nSPS) is 12.1. The van der Waals surface area contributed by atoms with Gasteiger partial charge in [0.2, 0.25) is 0 Å². The molecule has 0 saturated carbocycles. The zero-order valence-corrected chi connectivity index (χ0v) is 4.94. The SMILES string of the molecule is CCC=C(C)CO. The van der Waals surface area contributed by atoms with E-state index in [9.17, 15) is 0 Å². The van der Waals surface area contributed by atoms with Crippen LogP contribution >= 0.6 is 0 Å². The van der Waals surface area contributed by atoms with Gasteiger partial charge in [-0.2, -0.15) is 0 Å². The number of rotatable bonds is 2. The van der Waals surface area contributed by atoms with Gasteiger partial charge in [0.1, 0.15) is 0 Å². The monoisotopic (exact) mass is 100 g/mol. The molecule has 0 rings (SSSR count). The quantitative estimate of drug-likeness (QED) is 0.519. The maximum atomic E-state index is 8.40. The third kappa shape index (κ3) is 3.53. The Kier molecular flexibility index (Phi) is 3.71. The van der Waals surface area contributed by atoms with Crippen molar-refractivity contribution in [2.45, 2.75) is 20.3 Å². The lowest BCUT2D eigenvalue weighted by molar-refractivity contribution is 0.331. The largest absolute Gasteiger partial charge is 0.392 e. The highest BCUT2D eigenvalue weighted by molar-refractivity contribution is 4.96. The van der Waals surface area contributed by atoms with E-state index in [1.165, 1.54) is 0 Å². The first-order chi connectivity index (χ1) is 3.31. The first-order valence-electron chi connectivity index (χ1n) is 2.57. The van der Waals surface area contributed by atoms with Gasteiger partial charge in [0.25, 0.3) is 0 Å². The summed E-state index contributed by atoms with van der Waals surface area (Å²) in [6.07, 6.45) is 3.03. The molecule has 0 aromatic heterocycles. The minimum absolute atomic E-state index is 0.202. The van der Waals surface area contributed by atoms with Gasteiger partial charge in [0.05, 0.1) is 6.61 Å². The fourth-order valence-electron chi connectivity index (χ4n) is 0.413. The summed E-state index contributed by atoms with van der Waals surface area (Å²) in [5.41, 5.74) is 1.06. The van der Waals surface area contributed by atoms with Gasteiger partial charge in [-0.05, 0) is 13.3 Å². The summed E-state index contributed by atoms with van der Waals surface area (Å²) in [6.45, 7) is 4.18. The Balaban J connectivity index is 3.29. The lowest BCUT2D eigenvalue weighted by Crippen LogP contribution is -1.81. The number of aliphatic hydroxyl groups excluding tert-OH is 1. The summed E-state index contributed by atoms with van der Waals surface area (Å²) < 4.78 is 0. The Morgan fingerprint density at radius 3 is 2.43 bits per heavy atom. The standard InChI is InChI=1S/C6H12O/c1-3-4-6(2)5-7/h4,7H,3,5H2,1-2H3. The molecule has 1 heteroatoms. The van der Waals surface area contributed by atoms with Crippen LogP contribution in [-0.4, -0.2) is 11.7 Å². The topological polar surface area (TPSA) is 20.2 Å². The van der Waals surface area contributed by atoms with Crippen molar-refractivity contribution in [2.24, 2.45) is 0 Å². The molecule has 0 spiro atoms. The predicted octanol–water partition coefficient (Wildman–Crippen LogP) is 1.33. The maximum Gasteiger partial charge on any atom is 0.0639 e. The van der Waals surface area contributed by atoms with E-state index in [4.69, 9.17) is 5.11 Å². The van der Waals surface area contributed by atoms with E-state index in [0.717, 1.165) is 12.0 Å². The Labute approximate surface area is 44.7 Å². The molecule has 0 aliphatic heterocycles. The van der Waals surface area contributed by atoms with Gasteiger partial charge in [-0.15, -0.1) is 0 Å². The molecule has 0 radical (unpaired) electrons. The smallest absolute Gasteiger partial charge is 0.0639 e. The lowest BCUT2D eigenvalue weighted by Gasteiger charge is -1.88. The van der Waals surface area contributed by atoms with E-state index >= 15 is 0 Å². The molecule has 0 amide bonds. The molecule has 0 saturated heterocycles. The van der Waals surface area contributed by atoms with Crippen molar-refractivity contribution in [3.05, 3.63) is 11.6 Å². The maximum absolute atomic E-state index is 8.40. The van der Waals surface area contributed by atoms with Gasteiger partial charge in [-0.25, -0.2) is 0 Å². The molecule has 0 atom stereocenters. The first-order valence-corrected chi connectivity index (χ1v) is 2.57. The highest BCUT2D eigenvalue weighted by Gasteiger charge is 1.77. The van der Waals surface area contributed by atoms with Crippen molar-refractivity contribution in [3.8, 4) is 0 Å². The van der Waals surface area contributed by atoms with E-state index in [-0.39, 0.29) is 6.61 Å². The molecule has 0 heterocycles. The van der Waals surface area contributed by atoms with Crippen LogP contribution in [0.2, 0.25) is 0 Å². The summed E-state index contributed by atoms with van der Waals surface area (Å²) in [5.74, 6) is 0. The molecule has 1 nitrogen and oxygen atoms in total. The summed E-state index contributed by atoms with van der Waals surface area (Å²) in [7, 11) is 0. The number of allylic oxidation sites excluding steroid dienone is 1. The van der Waals surface area contributed by atoms with Crippen LogP contribution in [0, 0.1) is 0 Å². The summed E-state index contributed by atoms with van der Waals surface area (Å²) in [5, 5.41) is 8.40. The fourth-order valence-corrected chi connectivity index (χ4v) is 0.413. The minimum atomic E-state index is 0.202. The zero-order chi connectivity index (χ0) is 5.70. The first kappa shape index (κ1) is 6.70. The highest BCUT2D eigenvalue weighted by atomic mass is 16.3. The van der Waals surface area contributed by atoms with Crippen LogP contribution in [0.1, 0.15) is 20.3 Å². The van der Waals surface area contributed by atoms with Crippen LogP contribution in [0.3, 0.4) is 0 Å². The van der Waals surface area contributed by atoms with Gasteiger partial charge in [0, 0.05) is 0 Å². The third-order valence-electron chi connectivity index (χ3n) is 0.802. The Morgan fingerprint density at radius 2 is 2.29 bits per heavy atom. The Morgan fingerprint density at radius 1 is 1.71 bits per heavy atom. The molecular weight excluding hydrogens is 88.1 g/mol. The molecule has 7 heavy (non-hydrogen) atoms. The molecule has 0 unspecified atom stereocenters. The second-order valence-electron chi connectivity index (χ2n) is 1.62. The van der Waals surface area contributed by atoms with Gasteiger partial charge < -0.3 is 5.11 Å². The van der Waals surface area contributed by atoms with Crippen LogP contribution in [-0.2, 0) is 0 Å². The Hall–Kier alpha value is -0.300. The van der Waals surface area contributed by atoms with Crippen molar-refractivity contribution < 1.29 is 5.11 Å². The fraction of sp³-hybridized carbons (Fsp3) is 0.667. The van der Waals surface area contributed by atoms with Crippen molar-refractivity contribution in [3.63, 3.8) is 0 Å². The van der Waals surface area contributed by atoms with Crippen molar-refractivity contribution in [1.82, 2.24) is 0 Å². The third-order valence-corrected chi connectivity index (χ3v) is 0.802. The minimum Gasteiger partial charge on any atom is -0.392 e. The van der Waals surface area contributed by atoms with E-state index < -0.39 is 0 Å². The van der Waals surface area contributed by atoms with Crippen LogP contribution in [0.15, 0.2) is 11.6 Å². The van der Waals surface area contributed by atoms with Crippen LogP contribution < -0.4 is 0 Å². The average Bonchev–Trinajstić information content (AvgIpc) is 1.68. The highest BCUT2D eigenvalue weighted by Crippen LogP contribution is 1.90. The molecule has 1 N–H and O–H groups in total.